The van der Waals surface area contributed by atoms with Gasteiger partial charge in [-0.2, -0.15) is 13.2 Å². The van der Waals surface area contributed by atoms with Crippen LogP contribution in [0, 0.1) is 0 Å². The zero-order valence-electron chi connectivity index (χ0n) is 11.7. The number of amides is 1. The van der Waals surface area contributed by atoms with Crippen molar-refractivity contribution in [3.05, 3.63) is 35.4 Å². The van der Waals surface area contributed by atoms with Crippen LogP contribution < -0.4 is 11.5 Å². The van der Waals surface area contributed by atoms with E-state index in [1.54, 1.807) is 0 Å². The molecule has 3 atom stereocenters. The molecule has 0 radical (unpaired) electrons. The molecule has 0 aromatic heterocycles. The van der Waals surface area contributed by atoms with Crippen molar-refractivity contribution < 1.29 is 22.4 Å². The zero-order valence-corrected chi connectivity index (χ0v) is 11.7. The number of carbonyl (C=O) groups is 1. The average molecular weight is 319 g/mol. The van der Waals surface area contributed by atoms with Crippen LogP contribution >= 0.6 is 0 Å². The molecule has 0 saturated carbocycles. The summed E-state index contributed by atoms with van der Waals surface area (Å²) in [7, 11) is 0. The highest BCUT2D eigenvalue weighted by Crippen LogP contribution is 2.30. The fourth-order valence-electron chi connectivity index (χ4n) is 2.38. The maximum Gasteiger partial charge on any atom is 0.416 e. The zero-order chi connectivity index (χ0) is 16.5. The van der Waals surface area contributed by atoms with Gasteiger partial charge in [-0.25, -0.2) is 4.39 Å². The highest BCUT2D eigenvalue weighted by atomic mass is 19.4. The second kappa shape index (κ2) is 6.21. The Hall–Kier alpha value is -1.67. The maximum absolute atomic E-state index is 13.1. The molecule has 0 unspecified atom stereocenters. The normalized spacial score (nSPS) is 21.7. The van der Waals surface area contributed by atoms with E-state index in [-0.39, 0.29) is 19.5 Å². The molecule has 1 amide bonds. The number of halogens is 4. The molecule has 0 aliphatic carbocycles. The second-order valence-electron chi connectivity index (χ2n) is 5.34. The Labute approximate surface area is 125 Å². The lowest BCUT2D eigenvalue weighted by Gasteiger charge is -2.25. The first-order chi connectivity index (χ1) is 10.2. The van der Waals surface area contributed by atoms with Crippen LogP contribution in [0.3, 0.4) is 0 Å². The fraction of sp³-hybridized carbons (Fsp3) is 0.500. The topological polar surface area (TPSA) is 72.4 Å². The van der Waals surface area contributed by atoms with Gasteiger partial charge in [-0.05, 0) is 24.1 Å². The highest BCUT2D eigenvalue weighted by Gasteiger charge is 2.33. The second-order valence-corrected chi connectivity index (χ2v) is 5.34. The van der Waals surface area contributed by atoms with Gasteiger partial charge in [-0.1, -0.05) is 12.1 Å². The Bertz CT molecular complexity index is 532. The predicted molar refractivity (Wildman–Crippen MR) is 72.4 cm³/mol. The summed E-state index contributed by atoms with van der Waals surface area (Å²) in [6.45, 7) is 0.250. The van der Waals surface area contributed by atoms with Gasteiger partial charge in [0.25, 0.3) is 0 Å². The van der Waals surface area contributed by atoms with Crippen molar-refractivity contribution in [2.45, 2.75) is 30.9 Å². The van der Waals surface area contributed by atoms with Crippen molar-refractivity contribution >= 4 is 5.91 Å². The van der Waals surface area contributed by atoms with Crippen molar-refractivity contribution in [1.82, 2.24) is 4.90 Å². The van der Waals surface area contributed by atoms with E-state index in [0.717, 1.165) is 12.1 Å². The van der Waals surface area contributed by atoms with E-state index in [0.29, 0.717) is 5.56 Å². The summed E-state index contributed by atoms with van der Waals surface area (Å²) in [6, 6.07) is 2.10. The number of carbonyl (C=O) groups excluding carboxylic acids is 1. The van der Waals surface area contributed by atoms with E-state index in [1.807, 2.05) is 0 Å². The molecule has 1 aliphatic rings. The lowest BCUT2D eigenvalue weighted by Crippen LogP contribution is -2.48. The minimum Gasteiger partial charge on any atom is -0.338 e. The van der Waals surface area contributed by atoms with E-state index in [9.17, 15) is 22.4 Å². The molecule has 122 valence electrons. The Morgan fingerprint density at radius 2 is 1.82 bits per heavy atom. The number of nitrogens with zero attached hydrogens (tertiary/aromatic N) is 1. The number of hydrogen-bond donors (Lipinski definition) is 2. The number of rotatable bonds is 3. The number of nitrogens with two attached hydrogens (primary N) is 2. The van der Waals surface area contributed by atoms with Gasteiger partial charge in [-0.15, -0.1) is 0 Å². The smallest absolute Gasteiger partial charge is 0.338 e. The summed E-state index contributed by atoms with van der Waals surface area (Å²) < 4.78 is 50.6. The number of hydrogen-bond acceptors (Lipinski definition) is 3. The summed E-state index contributed by atoms with van der Waals surface area (Å²) in [5.41, 5.74) is 11.2. The van der Waals surface area contributed by atoms with Crippen molar-refractivity contribution in [2.24, 2.45) is 11.5 Å². The summed E-state index contributed by atoms with van der Waals surface area (Å²) >= 11 is 0. The third-order valence-corrected chi connectivity index (χ3v) is 3.74. The molecule has 0 spiro atoms. The summed E-state index contributed by atoms with van der Waals surface area (Å²) in [5.74, 6) is -0.493. The van der Waals surface area contributed by atoms with E-state index < -0.39 is 35.9 Å². The third-order valence-electron chi connectivity index (χ3n) is 3.74. The molecule has 1 heterocycles. The lowest BCUT2D eigenvalue weighted by atomic mass is 9.98. The minimum absolute atomic E-state index is 0.0216. The molecule has 1 saturated heterocycles. The van der Waals surface area contributed by atoms with Crippen LogP contribution in [0.5, 0.6) is 0 Å². The monoisotopic (exact) mass is 319 g/mol. The number of alkyl halides is 4. The Kier molecular flexibility index (Phi) is 4.72. The van der Waals surface area contributed by atoms with Crippen LogP contribution in [0.4, 0.5) is 17.6 Å². The molecular weight excluding hydrogens is 302 g/mol. The van der Waals surface area contributed by atoms with Crippen LogP contribution in [0.15, 0.2) is 24.3 Å². The van der Waals surface area contributed by atoms with Crippen LogP contribution in [0.1, 0.15) is 23.6 Å². The van der Waals surface area contributed by atoms with Crippen molar-refractivity contribution in [1.29, 1.82) is 0 Å². The first-order valence-corrected chi connectivity index (χ1v) is 6.81. The van der Waals surface area contributed by atoms with Crippen molar-refractivity contribution in [3.63, 3.8) is 0 Å². The number of likely N-dealkylation sites (tertiary alicyclic amines) is 1. The Morgan fingerprint density at radius 1 is 1.23 bits per heavy atom. The summed E-state index contributed by atoms with van der Waals surface area (Å²) in [4.78, 5) is 13.4. The molecule has 8 heteroatoms. The molecule has 4 nitrogen and oxygen atoms in total. The van der Waals surface area contributed by atoms with Crippen LogP contribution in [0.2, 0.25) is 0 Å². The van der Waals surface area contributed by atoms with Crippen LogP contribution in [-0.2, 0) is 11.0 Å². The van der Waals surface area contributed by atoms with E-state index in [1.165, 1.54) is 17.0 Å². The third kappa shape index (κ3) is 3.56. The van der Waals surface area contributed by atoms with Gasteiger partial charge >= 0.3 is 6.18 Å². The molecule has 1 fully saturated rings. The highest BCUT2D eigenvalue weighted by molar-refractivity contribution is 5.83. The number of benzene rings is 1. The molecular formula is C14H17F4N3O. The van der Waals surface area contributed by atoms with Gasteiger partial charge < -0.3 is 16.4 Å². The van der Waals surface area contributed by atoms with Crippen LogP contribution in [0.25, 0.3) is 0 Å². The molecule has 22 heavy (non-hydrogen) atoms. The predicted octanol–water partition coefficient (Wildman–Crippen LogP) is 1.60. The molecule has 1 aliphatic heterocycles. The van der Waals surface area contributed by atoms with Crippen molar-refractivity contribution in [3.8, 4) is 0 Å². The molecule has 2 rings (SSSR count). The fourth-order valence-corrected chi connectivity index (χ4v) is 2.38. The van der Waals surface area contributed by atoms with Gasteiger partial charge in [0, 0.05) is 6.54 Å². The van der Waals surface area contributed by atoms with Gasteiger partial charge in [0.1, 0.15) is 12.2 Å². The van der Waals surface area contributed by atoms with E-state index in [4.69, 9.17) is 11.5 Å². The van der Waals surface area contributed by atoms with Crippen molar-refractivity contribution in [2.75, 3.05) is 13.1 Å². The van der Waals surface area contributed by atoms with Gasteiger partial charge in [0.15, 0.2) is 0 Å². The Balaban J connectivity index is 2.07. The molecule has 0 bridgehead atoms. The molecule has 1 aromatic carbocycles. The van der Waals surface area contributed by atoms with E-state index >= 15 is 0 Å². The lowest BCUT2D eigenvalue weighted by molar-refractivity contribution is -0.137. The Morgan fingerprint density at radius 3 is 2.27 bits per heavy atom. The van der Waals surface area contributed by atoms with Gasteiger partial charge in [0.05, 0.1) is 18.2 Å². The van der Waals surface area contributed by atoms with Crippen LogP contribution in [-0.4, -0.2) is 36.1 Å². The average Bonchev–Trinajstić information content (AvgIpc) is 2.90. The maximum atomic E-state index is 13.1. The SMILES string of the molecule is N[C@H](C(=O)N1CC[C@H](F)C1)[C@@H](N)c1ccc(C(F)(F)F)cc1. The molecule has 1 aromatic rings. The van der Waals surface area contributed by atoms with Gasteiger partial charge in [0.2, 0.25) is 5.91 Å². The van der Waals surface area contributed by atoms with E-state index in [2.05, 4.69) is 0 Å². The first-order valence-electron chi connectivity index (χ1n) is 6.81. The van der Waals surface area contributed by atoms with Gasteiger partial charge in [-0.3, -0.25) is 4.79 Å². The summed E-state index contributed by atoms with van der Waals surface area (Å²) in [6.07, 6.45) is -5.25. The largest absolute Gasteiger partial charge is 0.416 e. The minimum atomic E-state index is -4.44. The standard InChI is InChI=1S/C14H17F4N3O/c15-10-5-6-21(7-10)13(22)12(20)11(19)8-1-3-9(4-2-8)14(16,17)18/h1-4,10-12H,5-7,19-20H2/t10-,11-,12-/m0/s1. The molecule has 4 N–H and O–H groups in total. The summed E-state index contributed by atoms with van der Waals surface area (Å²) in [5, 5.41) is 0. The first kappa shape index (κ1) is 16.7. The quantitative estimate of drug-likeness (QED) is 0.831.